The molecule has 0 fully saturated rings. The second-order valence-electron chi connectivity index (χ2n) is 3.94. The molecule has 1 heterocycles. The summed E-state index contributed by atoms with van der Waals surface area (Å²) in [7, 11) is -4.82. The highest BCUT2D eigenvalue weighted by Crippen LogP contribution is 2.17. The molecule has 1 atom stereocenters. The van der Waals surface area contributed by atoms with Gasteiger partial charge >= 0.3 is 0 Å². The van der Waals surface area contributed by atoms with Gasteiger partial charge < -0.3 is 0 Å². The maximum absolute atomic E-state index is 12.1. The van der Waals surface area contributed by atoms with Gasteiger partial charge in [0, 0.05) is 5.75 Å². The molecule has 0 aliphatic rings. The van der Waals surface area contributed by atoms with Gasteiger partial charge in [0.1, 0.15) is 0 Å². The molecule has 0 bridgehead atoms. The molecular formula is C13H11NO3S3. The van der Waals surface area contributed by atoms with Gasteiger partial charge in [-0.3, -0.25) is 4.21 Å². The number of hydrogen-bond donors (Lipinski definition) is 0. The second-order valence-corrected chi connectivity index (χ2v) is 8.79. The monoisotopic (exact) mass is 325 g/mol. The van der Waals surface area contributed by atoms with Crippen molar-refractivity contribution in [3.05, 3.63) is 47.3 Å². The molecule has 1 aromatic carbocycles. The van der Waals surface area contributed by atoms with Crippen molar-refractivity contribution in [1.82, 2.24) is 0 Å². The highest BCUT2D eigenvalue weighted by Gasteiger charge is 2.17. The standard InChI is InChI=1S/C13H11NO3S3/c14-10-11-3-1-4-12(9-11)20(16,17)8-7-19(15)13-5-2-6-18-13/h1-6,9H,7-8H2. The number of sulfone groups is 1. The van der Waals surface area contributed by atoms with Crippen LogP contribution in [0, 0.1) is 11.3 Å². The first-order chi connectivity index (χ1) is 9.53. The van der Waals surface area contributed by atoms with E-state index < -0.39 is 20.6 Å². The van der Waals surface area contributed by atoms with Crippen LogP contribution in [0.3, 0.4) is 0 Å². The summed E-state index contributed by atoms with van der Waals surface area (Å²) in [5, 5.41) is 10.6. The molecule has 0 saturated heterocycles. The molecule has 0 saturated carbocycles. The Morgan fingerprint density at radius 3 is 2.70 bits per heavy atom. The fourth-order valence-corrected chi connectivity index (χ4v) is 5.59. The summed E-state index contributed by atoms with van der Waals surface area (Å²) in [6, 6.07) is 11.3. The van der Waals surface area contributed by atoms with Crippen molar-refractivity contribution in [1.29, 1.82) is 5.26 Å². The van der Waals surface area contributed by atoms with Gasteiger partial charge in [0.25, 0.3) is 0 Å². The summed E-state index contributed by atoms with van der Waals surface area (Å²) in [4.78, 5) is 0.0970. The molecule has 1 aromatic heterocycles. The minimum absolute atomic E-state index is 0.0552. The van der Waals surface area contributed by atoms with E-state index in [-0.39, 0.29) is 16.4 Å². The summed E-state index contributed by atoms with van der Waals surface area (Å²) < 4.78 is 36.9. The van der Waals surface area contributed by atoms with E-state index in [1.54, 1.807) is 23.6 Å². The van der Waals surface area contributed by atoms with E-state index in [4.69, 9.17) is 5.26 Å². The molecule has 0 aliphatic carbocycles. The third-order valence-corrected chi connectivity index (χ3v) is 7.22. The van der Waals surface area contributed by atoms with E-state index in [1.165, 1.54) is 29.5 Å². The Balaban J connectivity index is 2.12. The Hall–Kier alpha value is -1.49. The normalized spacial score (nSPS) is 12.8. The highest BCUT2D eigenvalue weighted by atomic mass is 32.2. The van der Waals surface area contributed by atoms with Crippen LogP contribution in [-0.2, 0) is 20.6 Å². The molecule has 4 nitrogen and oxygen atoms in total. The predicted molar refractivity (Wildman–Crippen MR) is 78.8 cm³/mol. The number of rotatable bonds is 5. The van der Waals surface area contributed by atoms with Gasteiger partial charge in [0.05, 0.1) is 37.3 Å². The van der Waals surface area contributed by atoms with Crippen molar-refractivity contribution in [3.8, 4) is 6.07 Å². The van der Waals surface area contributed by atoms with E-state index in [0.717, 1.165) is 0 Å². The van der Waals surface area contributed by atoms with Crippen LogP contribution in [0.2, 0.25) is 0 Å². The molecular weight excluding hydrogens is 314 g/mol. The lowest BCUT2D eigenvalue weighted by atomic mass is 10.2. The molecule has 7 heteroatoms. The van der Waals surface area contributed by atoms with Crippen LogP contribution in [0.5, 0.6) is 0 Å². The van der Waals surface area contributed by atoms with Crippen LogP contribution in [-0.4, -0.2) is 24.1 Å². The highest BCUT2D eigenvalue weighted by molar-refractivity contribution is 7.93. The second kappa shape index (κ2) is 6.31. The van der Waals surface area contributed by atoms with Crippen molar-refractivity contribution in [2.45, 2.75) is 9.10 Å². The average Bonchev–Trinajstić information content (AvgIpc) is 2.99. The number of thiophene rings is 1. The van der Waals surface area contributed by atoms with E-state index >= 15 is 0 Å². The molecule has 0 spiro atoms. The van der Waals surface area contributed by atoms with Crippen molar-refractivity contribution < 1.29 is 12.6 Å². The lowest BCUT2D eigenvalue weighted by Gasteiger charge is -2.04. The summed E-state index contributed by atoms with van der Waals surface area (Å²) in [5.41, 5.74) is 0.297. The Labute approximate surface area is 124 Å². The Bertz CT molecular complexity index is 758. The summed E-state index contributed by atoms with van der Waals surface area (Å²) in [6.45, 7) is 0. The summed E-state index contributed by atoms with van der Waals surface area (Å²) in [6.07, 6.45) is 0. The zero-order valence-electron chi connectivity index (χ0n) is 10.4. The van der Waals surface area contributed by atoms with Crippen LogP contribution < -0.4 is 0 Å². The maximum Gasteiger partial charge on any atom is 0.179 e. The number of nitriles is 1. The van der Waals surface area contributed by atoms with Crippen LogP contribution in [0.4, 0.5) is 0 Å². The minimum Gasteiger partial charge on any atom is -0.253 e. The first kappa shape index (κ1) is 14.9. The van der Waals surface area contributed by atoms with Gasteiger partial charge in [-0.05, 0) is 29.6 Å². The number of benzene rings is 1. The summed E-state index contributed by atoms with van der Waals surface area (Å²) >= 11 is 1.35. The Morgan fingerprint density at radius 1 is 1.25 bits per heavy atom. The SMILES string of the molecule is N#Cc1cccc(S(=O)(=O)CCS(=O)c2cccs2)c1. The molecule has 2 rings (SSSR count). The summed E-state index contributed by atoms with van der Waals surface area (Å²) in [5.74, 6) is -0.147. The first-order valence-electron chi connectivity index (χ1n) is 5.68. The number of nitrogens with zero attached hydrogens (tertiary/aromatic N) is 1. The Kier molecular flexibility index (Phi) is 4.70. The first-order valence-corrected chi connectivity index (χ1v) is 9.53. The molecule has 0 amide bonds. The van der Waals surface area contributed by atoms with Gasteiger partial charge in [-0.2, -0.15) is 5.26 Å². The van der Waals surface area contributed by atoms with E-state index in [9.17, 15) is 12.6 Å². The average molecular weight is 325 g/mol. The molecule has 0 N–H and O–H groups in total. The zero-order valence-corrected chi connectivity index (χ0v) is 12.8. The maximum atomic E-state index is 12.1. The van der Waals surface area contributed by atoms with Crippen LogP contribution in [0.1, 0.15) is 5.56 Å². The Morgan fingerprint density at radius 2 is 2.05 bits per heavy atom. The van der Waals surface area contributed by atoms with E-state index in [0.29, 0.717) is 9.77 Å². The van der Waals surface area contributed by atoms with Gasteiger partial charge in [-0.1, -0.05) is 12.1 Å². The van der Waals surface area contributed by atoms with E-state index in [1.807, 2.05) is 6.07 Å². The molecule has 0 radical (unpaired) electrons. The van der Waals surface area contributed by atoms with Gasteiger partial charge in [-0.25, -0.2) is 8.42 Å². The third kappa shape index (κ3) is 3.54. The lowest BCUT2D eigenvalue weighted by molar-refractivity contribution is 0.597. The van der Waals surface area contributed by atoms with Crippen molar-refractivity contribution in [3.63, 3.8) is 0 Å². The van der Waals surface area contributed by atoms with Crippen LogP contribution in [0.15, 0.2) is 50.9 Å². The van der Waals surface area contributed by atoms with Crippen LogP contribution in [0.25, 0.3) is 0 Å². The number of hydrogen-bond acceptors (Lipinski definition) is 5. The fraction of sp³-hybridized carbons (Fsp3) is 0.154. The van der Waals surface area contributed by atoms with Crippen molar-refractivity contribution >= 4 is 32.0 Å². The van der Waals surface area contributed by atoms with Gasteiger partial charge in [0.2, 0.25) is 0 Å². The lowest BCUT2D eigenvalue weighted by Crippen LogP contribution is -2.13. The third-order valence-electron chi connectivity index (χ3n) is 2.58. The van der Waals surface area contributed by atoms with E-state index in [2.05, 4.69) is 0 Å². The van der Waals surface area contributed by atoms with Crippen molar-refractivity contribution in [2.75, 3.05) is 11.5 Å². The molecule has 0 aliphatic heterocycles. The topological polar surface area (TPSA) is 75.0 Å². The fourth-order valence-electron chi connectivity index (χ4n) is 1.56. The zero-order chi connectivity index (χ0) is 14.6. The van der Waals surface area contributed by atoms with Crippen molar-refractivity contribution in [2.24, 2.45) is 0 Å². The minimum atomic E-state index is -3.52. The largest absolute Gasteiger partial charge is 0.253 e. The molecule has 2 aromatic rings. The molecule has 1 unspecified atom stereocenters. The smallest absolute Gasteiger partial charge is 0.179 e. The predicted octanol–water partition coefficient (Wildman–Crippen LogP) is 2.20. The van der Waals surface area contributed by atoms with Gasteiger partial charge in [-0.15, -0.1) is 11.3 Å². The van der Waals surface area contributed by atoms with Gasteiger partial charge in [0.15, 0.2) is 9.84 Å². The molecule has 20 heavy (non-hydrogen) atoms. The molecule has 104 valence electrons. The van der Waals surface area contributed by atoms with Crippen LogP contribution >= 0.6 is 11.3 Å². The quantitative estimate of drug-likeness (QED) is 0.844.